The van der Waals surface area contributed by atoms with Gasteiger partial charge in [0.1, 0.15) is 5.25 Å². The summed E-state index contributed by atoms with van der Waals surface area (Å²) < 4.78 is 25.1. The topological polar surface area (TPSA) is 91.8 Å². The van der Waals surface area contributed by atoms with Crippen LogP contribution in [0.2, 0.25) is 0 Å². The molecule has 0 saturated carbocycles. The zero-order chi connectivity index (χ0) is 15.1. The molecule has 1 N–H and O–H groups in total. The van der Waals surface area contributed by atoms with E-state index in [1.54, 1.807) is 7.05 Å². The lowest BCUT2D eigenvalue weighted by Gasteiger charge is -2.12. The van der Waals surface area contributed by atoms with Crippen LogP contribution >= 0.6 is 15.9 Å². The minimum Gasteiger partial charge on any atom is -0.478 e. The van der Waals surface area contributed by atoms with Crippen molar-refractivity contribution in [3.05, 3.63) is 28.2 Å². The van der Waals surface area contributed by atoms with Gasteiger partial charge in [0.2, 0.25) is 5.91 Å². The molecular weight excluding hydrogens is 350 g/mol. The standard InChI is InChI=1S/C12H12BrNO5S/c1-14-5-4-10(11(14)15)20(18,19)7-2-3-9(13)8(6-7)12(16)17/h2-3,6,10H,4-5H2,1H3,(H,16,17). The van der Waals surface area contributed by atoms with Gasteiger partial charge in [-0.25, -0.2) is 13.2 Å². The zero-order valence-corrected chi connectivity index (χ0v) is 12.9. The minimum atomic E-state index is -3.87. The number of rotatable bonds is 3. The summed E-state index contributed by atoms with van der Waals surface area (Å²) in [5.41, 5.74) is -0.148. The predicted octanol–water partition coefficient (Wildman–Crippen LogP) is 1.15. The van der Waals surface area contributed by atoms with Gasteiger partial charge >= 0.3 is 5.97 Å². The molecule has 20 heavy (non-hydrogen) atoms. The van der Waals surface area contributed by atoms with E-state index in [-0.39, 0.29) is 16.9 Å². The third-order valence-corrected chi connectivity index (χ3v) is 6.04. The first kappa shape index (κ1) is 15.0. The molecule has 1 aliphatic rings. The van der Waals surface area contributed by atoms with Crippen molar-refractivity contribution in [2.24, 2.45) is 0 Å². The van der Waals surface area contributed by atoms with Gasteiger partial charge in [0.25, 0.3) is 0 Å². The summed E-state index contributed by atoms with van der Waals surface area (Å²) in [5.74, 6) is -1.69. The number of benzene rings is 1. The second kappa shape index (κ2) is 5.17. The van der Waals surface area contributed by atoms with Crippen LogP contribution in [0.25, 0.3) is 0 Å². The molecule has 1 atom stereocenters. The first-order valence-electron chi connectivity index (χ1n) is 5.77. The highest BCUT2D eigenvalue weighted by Crippen LogP contribution is 2.27. The summed E-state index contributed by atoms with van der Waals surface area (Å²) in [6.45, 7) is 0.380. The third-order valence-electron chi connectivity index (χ3n) is 3.25. The van der Waals surface area contributed by atoms with Crippen LogP contribution in [-0.2, 0) is 14.6 Å². The first-order chi connectivity index (χ1) is 9.25. The molecule has 1 heterocycles. The minimum absolute atomic E-state index is 0.147. The number of carbonyl (C=O) groups excluding carboxylic acids is 1. The molecule has 1 fully saturated rings. The fourth-order valence-corrected chi connectivity index (χ4v) is 4.23. The largest absolute Gasteiger partial charge is 0.478 e. The molecule has 1 amide bonds. The van der Waals surface area contributed by atoms with Crippen LogP contribution in [-0.4, -0.2) is 49.1 Å². The molecule has 8 heteroatoms. The molecule has 108 valence electrons. The van der Waals surface area contributed by atoms with Crippen molar-refractivity contribution in [1.29, 1.82) is 0 Å². The smallest absolute Gasteiger partial charge is 0.336 e. The average Bonchev–Trinajstić information content (AvgIpc) is 2.70. The Morgan fingerprint density at radius 1 is 1.45 bits per heavy atom. The van der Waals surface area contributed by atoms with Crippen LogP contribution in [0, 0.1) is 0 Å². The summed E-state index contributed by atoms with van der Waals surface area (Å²) in [4.78, 5) is 24.1. The Labute approximate surface area is 124 Å². The van der Waals surface area contributed by atoms with Gasteiger partial charge in [-0.15, -0.1) is 0 Å². The number of aromatic carboxylic acids is 1. The molecule has 6 nitrogen and oxygen atoms in total. The molecular formula is C12H12BrNO5S. The predicted molar refractivity (Wildman–Crippen MR) is 74.3 cm³/mol. The molecule has 1 unspecified atom stereocenters. The molecule has 0 spiro atoms. The van der Waals surface area contributed by atoms with Crippen molar-refractivity contribution < 1.29 is 23.1 Å². The number of carboxylic acid groups (broad SMARTS) is 1. The Morgan fingerprint density at radius 3 is 2.60 bits per heavy atom. The summed E-state index contributed by atoms with van der Waals surface area (Å²) in [6.07, 6.45) is 0.218. The van der Waals surface area contributed by atoms with E-state index < -0.39 is 27.0 Å². The van der Waals surface area contributed by atoms with Gasteiger partial charge in [-0.1, -0.05) is 0 Å². The second-order valence-corrected chi connectivity index (χ2v) is 7.51. The average molecular weight is 362 g/mol. The zero-order valence-electron chi connectivity index (χ0n) is 10.5. The summed E-state index contributed by atoms with van der Waals surface area (Å²) in [6, 6.07) is 3.74. The Morgan fingerprint density at radius 2 is 2.10 bits per heavy atom. The van der Waals surface area contributed by atoms with Crippen molar-refractivity contribution in [1.82, 2.24) is 4.90 Å². The maximum atomic E-state index is 12.4. The third kappa shape index (κ3) is 2.45. The highest BCUT2D eigenvalue weighted by Gasteiger charge is 2.40. The van der Waals surface area contributed by atoms with Crippen molar-refractivity contribution in [3.8, 4) is 0 Å². The summed E-state index contributed by atoms with van der Waals surface area (Å²) in [7, 11) is -2.33. The SMILES string of the molecule is CN1CCC(S(=O)(=O)c2ccc(Br)c(C(=O)O)c2)C1=O. The van der Waals surface area contributed by atoms with Crippen LogP contribution in [0.3, 0.4) is 0 Å². The van der Waals surface area contributed by atoms with Crippen LogP contribution < -0.4 is 0 Å². The fourth-order valence-electron chi connectivity index (χ4n) is 2.09. The van der Waals surface area contributed by atoms with E-state index in [1.165, 1.54) is 17.0 Å². The number of halogens is 1. The number of carbonyl (C=O) groups is 2. The molecule has 1 aromatic carbocycles. The van der Waals surface area contributed by atoms with Crippen molar-refractivity contribution in [2.45, 2.75) is 16.6 Å². The Bertz CT molecular complexity index is 685. The molecule has 0 aromatic heterocycles. The van der Waals surface area contributed by atoms with Gasteiger partial charge in [-0.3, -0.25) is 4.79 Å². The highest BCUT2D eigenvalue weighted by atomic mass is 79.9. The van der Waals surface area contributed by atoms with Crippen molar-refractivity contribution in [2.75, 3.05) is 13.6 Å². The van der Waals surface area contributed by atoms with E-state index in [2.05, 4.69) is 15.9 Å². The molecule has 1 aliphatic heterocycles. The Kier molecular flexibility index (Phi) is 3.88. The van der Waals surface area contributed by atoms with Gasteiger partial charge in [0.15, 0.2) is 9.84 Å². The lowest BCUT2D eigenvalue weighted by molar-refractivity contribution is -0.126. The Balaban J connectivity index is 2.48. The van der Waals surface area contributed by atoms with Crippen LogP contribution in [0.5, 0.6) is 0 Å². The van der Waals surface area contributed by atoms with Crippen LogP contribution in [0.4, 0.5) is 0 Å². The number of likely N-dealkylation sites (tertiary alicyclic amines) is 1. The maximum absolute atomic E-state index is 12.4. The van der Waals surface area contributed by atoms with E-state index in [4.69, 9.17) is 5.11 Å². The van der Waals surface area contributed by atoms with Gasteiger partial charge in [-0.2, -0.15) is 0 Å². The first-order valence-corrected chi connectivity index (χ1v) is 8.11. The quantitative estimate of drug-likeness (QED) is 0.871. The fraction of sp³-hybridized carbons (Fsp3) is 0.333. The molecule has 0 bridgehead atoms. The van der Waals surface area contributed by atoms with Crippen molar-refractivity contribution >= 4 is 37.6 Å². The number of hydrogen-bond acceptors (Lipinski definition) is 4. The Hall–Kier alpha value is -1.41. The lowest BCUT2D eigenvalue weighted by Crippen LogP contribution is -2.31. The number of nitrogens with zero attached hydrogens (tertiary/aromatic N) is 1. The molecule has 1 aromatic rings. The van der Waals surface area contributed by atoms with E-state index in [0.29, 0.717) is 11.0 Å². The summed E-state index contributed by atoms with van der Waals surface area (Å²) in [5, 5.41) is 7.89. The number of carboxylic acids is 1. The number of sulfone groups is 1. The second-order valence-electron chi connectivity index (χ2n) is 4.53. The highest BCUT2D eigenvalue weighted by molar-refractivity contribution is 9.10. The molecule has 1 saturated heterocycles. The van der Waals surface area contributed by atoms with Gasteiger partial charge < -0.3 is 10.0 Å². The normalized spacial score (nSPS) is 19.4. The molecule has 0 radical (unpaired) electrons. The van der Waals surface area contributed by atoms with E-state index in [0.717, 1.165) is 6.07 Å². The molecule has 2 rings (SSSR count). The monoisotopic (exact) mass is 361 g/mol. The van der Waals surface area contributed by atoms with Crippen LogP contribution in [0.1, 0.15) is 16.8 Å². The summed E-state index contributed by atoms with van der Waals surface area (Å²) >= 11 is 3.05. The van der Waals surface area contributed by atoms with Crippen molar-refractivity contribution in [3.63, 3.8) is 0 Å². The van der Waals surface area contributed by atoms with E-state index in [1.807, 2.05) is 0 Å². The van der Waals surface area contributed by atoms with Gasteiger partial charge in [0.05, 0.1) is 10.5 Å². The van der Waals surface area contributed by atoms with Gasteiger partial charge in [0, 0.05) is 18.1 Å². The number of amides is 1. The van der Waals surface area contributed by atoms with Gasteiger partial charge in [-0.05, 0) is 40.5 Å². The van der Waals surface area contributed by atoms with Crippen LogP contribution in [0.15, 0.2) is 27.6 Å². The van der Waals surface area contributed by atoms with E-state index >= 15 is 0 Å². The number of hydrogen-bond donors (Lipinski definition) is 1. The maximum Gasteiger partial charge on any atom is 0.336 e. The van der Waals surface area contributed by atoms with E-state index in [9.17, 15) is 18.0 Å². The lowest BCUT2D eigenvalue weighted by atomic mass is 10.2. The molecule has 0 aliphatic carbocycles.